The SMILES string of the molecule is CC(NC(=O)C(C)(C)C)C(=O)Nc1ccccc1SCC(F)(F)F. The second-order valence-corrected chi connectivity index (χ2v) is 7.35. The molecular formula is C16H21F3N2O2S. The molecule has 0 saturated heterocycles. The number of carbonyl (C=O) groups is 2. The Morgan fingerprint density at radius 2 is 1.75 bits per heavy atom. The van der Waals surface area contributed by atoms with Crippen molar-refractivity contribution < 1.29 is 22.8 Å². The summed E-state index contributed by atoms with van der Waals surface area (Å²) in [7, 11) is 0. The number of anilines is 1. The molecule has 0 aromatic heterocycles. The van der Waals surface area contributed by atoms with Crippen molar-refractivity contribution in [3.63, 3.8) is 0 Å². The van der Waals surface area contributed by atoms with E-state index in [9.17, 15) is 22.8 Å². The predicted molar refractivity (Wildman–Crippen MR) is 88.9 cm³/mol. The fourth-order valence-corrected chi connectivity index (χ4v) is 2.34. The fraction of sp³-hybridized carbons (Fsp3) is 0.500. The summed E-state index contributed by atoms with van der Waals surface area (Å²) in [5, 5.41) is 5.14. The number of hydrogen-bond donors (Lipinski definition) is 2. The van der Waals surface area contributed by atoms with Gasteiger partial charge in [-0.15, -0.1) is 11.8 Å². The summed E-state index contributed by atoms with van der Waals surface area (Å²) < 4.78 is 37.1. The van der Waals surface area contributed by atoms with Crippen LogP contribution < -0.4 is 10.6 Å². The van der Waals surface area contributed by atoms with Gasteiger partial charge in [0.25, 0.3) is 0 Å². The zero-order valence-electron chi connectivity index (χ0n) is 14.0. The van der Waals surface area contributed by atoms with Gasteiger partial charge in [0.1, 0.15) is 6.04 Å². The van der Waals surface area contributed by atoms with Crippen LogP contribution in [0, 0.1) is 5.41 Å². The third kappa shape index (κ3) is 6.82. The van der Waals surface area contributed by atoms with Crippen molar-refractivity contribution in [3.8, 4) is 0 Å². The standard InChI is InChI=1S/C16H21F3N2O2S/c1-10(20-14(23)15(2,3)4)13(22)21-11-7-5-6-8-12(11)24-9-16(17,18)19/h5-8,10H,9H2,1-4H3,(H,20,23)(H,21,22). The molecule has 0 bridgehead atoms. The van der Waals surface area contributed by atoms with Crippen molar-refractivity contribution >= 4 is 29.3 Å². The van der Waals surface area contributed by atoms with Gasteiger partial charge in [0.15, 0.2) is 0 Å². The number of carbonyl (C=O) groups excluding carboxylic acids is 2. The van der Waals surface area contributed by atoms with Crippen LogP contribution in [0.4, 0.5) is 18.9 Å². The van der Waals surface area contributed by atoms with Gasteiger partial charge in [-0.2, -0.15) is 13.2 Å². The molecule has 24 heavy (non-hydrogen) atoms. The van der Waals surface area contributed by atoms with Crippen LogP contribution in [0.25, 0.3) is 0 Å². The van der Waals surface area contributed by atoms with E-state index >= 15 is 0 Å². The number of alkyl halides is 3. The van der Waals surface area contributed by atoms with Crippen LogP contribution in [-0.2, 0) is 9.59 Å². The molecule has 0 heterocycles. The first-order valence-corrected chi connectivity index (χ1v) is 8.29. The predicted octanol–water partition coefficient (Wildman–Crippen LogP) is 3.83. The van der Waals surface area contributed by atoms with E-state index < -0.39 is 29.3 Å². The lowest BCUT2D eigenvalue weighted by molar-refractivity contribution is -0.131. The molecule has 0 radical (unpaired) electrons. The monoisotopic (exact) mass is 362 g/mol. The minimum absolute atomic E-state index is 0.286. The van der Waals surface area contributed by atoms with Gasteiger partial charge >= 0.3 is 6.18 Å². The smallest absolute Gasteiger partial charge is 0.344 e. The quantitative estimate of drug-likeness (QED) is 0.783. The molecule has 4 nitrogen and oxygen atoms in total. The Hall–Kier alpha value is -1.70. The Morgan fingerprint density at radius 1 is 1.17 bits per heavy atom. The summed E-state index contributed by atoms with van der Waals surface area (Å²) in [6.45, 7) is 6.67. The second-order valence-electron chi connectivity index (χ2n) is 6.33. The maximum atomic E-state index is 12.4. The van der Waals surface area contributed by atoms with Crippen LogP contribution in [0.1, 0.15) is 27.7 Å². The van der Waals surface area contributed by atoms with Gasteiger partial charge in [0.2, 0.25) is 11.8 Å². The molecule has 0 spiro atoms. The second kappa shape index (κ2) is 7.92. The molecule has 1 rings (SSSR count). The Kier molecular flexibility index (Phi) is 6.71. The van der Waals surface area contributed by atoms with Crippen molar-refractivity contribution in [1.82, 2.24) is 5.32 Å². The van der Waals surface area contributed by atoms with Gasteiger partial charge in [0, 0.05) is 10.3 Å². The largest absolute Gasteiger partial charge is 0.398 e. The number of halogens is 3. The molecule has 8 heteroatoms. The van der Waals surface area contributed by atoms with Crippen molar-refractivity contribution in [2.75, 3.05) is 11.1 Å². The summed E-state index contributed by atoms with van der Waals surface area (Å²) in [6.07, 6.45) is -4.30. The molecule has 1 aromatic rings. The van der Waals surface area contributed by atoms with Gasteiger partial charge in [0.05, 0.1) is 11.4 Å². The minimum atomic E-state index is -4.30. The molecule has 1 atom stereocenters. The van der Waals surface area contributed by atoms with Crippen molar-refractivity contribution in [2.24, 2.45) is 5.41 Å². The topological polar surface area (TPSA) is 58.2 Å². The number of nitrogens with one attached hydrogen (secondary N) is 2. The first-order chi connectivity index (χ1) is 10.9. The zero-order chi connectivity index (χ0) is 18.5. The van der Waals surface area contributed by atoms with Crippen LogP contribution in [0.5, 0.6) is 0 Å². The molecule has 1 aromatic carbocycles. The van der Waals surface area contributed by atoms with E-state index in [-0.39, 0.29) is 11.6 Å². The van der Waals surface area contributed by atoms with Crippen molar-refractivity contribution in [2.45, 2.75) is 44.8 Å². The Morgan fingerprint density at radius 3 is 2.29 bits per heavy atom. The van der Waals surface area contributed by atoms with Gasteiger partial charge in [-0.1, -0.05) is 32.9 Å². The molecule has 0 aliphatic rings. The number of amides is 2. The van der Waals surface area contributed by atoms with Crippen LogP contribution in [0.2, 0.25) is 0 Å². The summed E-state index contributed by atoms with van der Waals surface area (Å²) in [5.74, 6) is -1.83. The molecule has 0 aliphatic heterocycles. The van der Waals surface area contributed by atoms with Crippen LogP contribution in [0.15, 0.2) is 29.2 Å². The molecule has 0 fully saturated rings. The molecule has 0 aliphatic carbocycles. The van der Waals surface area contributed by atoms with Crippen molar-refractivity contribution in [1.29, 1.82) is 0 Å². The van der Waals surface area contributed by atoms with E-state index in [1.807, 2.05) is 0 Å². The van der Waals surface area contributed by atoms with Gasteiger partial charge in [-0.05, 0) is 19.1 Å². The third-order valence-electron chi connectivity index (χ3n) is 2.96. The lowest BCUT2D eigenvalue weighted by Gasteiger charge is -2.22. The minimum Gasteiger partial charge on any atom is -0.344 e. The average molecular weight is 362 g/mol. The fourth-order valence-electron chi connectivity index (χ4n) is 1.58. The Balaban J connectivity index is 2.75. The lowest BCUT2D eigenvalue weighted by atomic mass is 9.95. The zero-order valence-corrected chi connectivity index (χ0v) is 14.8. The highest BCUT2D eigenvalue weighted by atomic mass is 32.2. The van der Waals surface area contributed by atoms with Crippen LogP contribution >= 0.6 is 11.8 Å². The maximum Gasteiger partial charge on any atom is 0.398 e. The number of para-hydroxylation sites is 1. The number of thioether (sulfide) groups is 1. The van der Waals surface area contributed by atoms with Crippen LogP contribution in [-0.4, -0.2) is 29.8 Å². The molecule has 0 saturated carbocycles. The summed E-state index contributed by atoms with van der Waals surface area (Å²) in [4.78, 5) is 24.4. The average Bonchev–Trinajstić information content (AvgIpc) is 2.44. The number of rotatable bonds is 5. The number of hydrogen-bond acceptors (Lipinski definition) is 3. The first kappa shape index (κ1) is 20.3. The van der Waals surface area contributed by atoms with E-state index in [0.717, 1.165) is 0 Å². The summed E-state index contributed by atoms with van der Waals surface area (Å²) in [6, 6.07) is 5.43. The Labute approximate surface area is 143 Å². The van der Waals surface area contributed by atoms with Crippen molar-refractivity contribution in [3.05, 3.63) is 24.3 Å². The van der Waals surface area contributed by atoms with E-state index in [4.69, 9.17) is 0 Å². The highest BCUT2D eigenvalue weighted by molar-refractivity contribution is 7.99. The summed E-state index contributed by atoms with van der Waals surface area (Å²) in [5.41, 5.74) is -0.358. The molecule has 2 N–H and O–H groups in total. The van der Waals surface area contributed by atoms with Crippen LogP contribution in [0.3, 0.4) is 0 Å². The van der Waals surface area contributed by atoms with Gasteiger partial charge < -0.3 is 10.6 Å². The molecular weight excluding hydrogens is 341 g/mol. The maximum absolute atomic E-state index is 12.4. The molecule has 2 amide bonds. The Bertz CT molecular complexity index is 598. The summed E-state index contributed by atoms with van der Waals surface area (Å²) >= 11 is 0.599. The van der Waals surface area contributed by atoms with E-state index in [1.54, 1.807) is 32.9 Å². The molecule has 1 unspecified atom stereocenters. The first-order valence-electron chi connectivity index (χ1n) is 7.30. The third-order valence-corrected chi connectivity index (χ3v) is 4.10. The van der Waals surface area contributed by atoms with Gasteiger partial charge in [-0.3, -0.25) is 9.59 Å². The van der Waals surface area contributed by atoms with E-state index in [2.05, 4.69) is 10.6 Å². The normalized spacial score (nSPS) is 13.3. The van der Waals surface area contributed by atoms with Gasteiger partial charge in [-0.25, -0.2) is 0 Å². The molecule has 134 valence electrons. The van der Waals surface area contributed by atoms with E-state index in [1.165, 1.54) is 19.1 Å². The highest BCUT2D eigenvalue weighted by Crippen LogP contribution is 2.32. The lowest BCUT2D eigenvalue weighted by Crippen LogP contribution is -2.46. The number of benzene rings is 1. The highest BCUT2D eigenvalue weighted by Gasteiger charge is 2.28. The van der Waals surface area contributed by atoms with E-state index in [0.29, 0.717) is 16.7 Å².